The monoisotopic (exact) mass is 400 g/mol. The molecule has 2 amide bonds. The minimum Gasteiger partial charge on any atom is -0.464 e. The van der Waals surface area contributed by atoms with Gasteiger partial charge >= 0.3 is 12.1 Å². The van der Waals surface area contributed by atoms with Gasteiger partial charge in [-0.3, -0.25) is 4.79 Å². The van der Waals surface area contributed by atoms with Crippen LogP contribution in [0.5, 0.6) is 0 Å². The van der Waals surface area contributed by atoms with Crippen molar-refractivity contribution in [3.8, 4) is 0 Å². The lowest BCUT2D eigenvalue weighted by molar-refractivity contribution is -0.148. The van der Waals surface area contributed by atoms with E-state index in [1.165, 1.54) is 19.3 Å². The molecule has 2 atom stereocenters. The number of hydrogen-bond donors (Lipinski definition) is 2. The van der Waals surface area contributed by atoms with Gasteiger partial charge in [0.25, 0.3) is 0 Å². The van der Waals surface area contributed by atoms with Gasteiger partial charge < -0.3 is 20.1 Å². The van der Waals surface area contributed by atoms with Gasteiger partial charge in [-0.15, -0.1) is 0 Å². The van der Waals surface area contributed by atoms with Crippen molar-refractivity contribution < 1.29 is 23.9 Å². The highest BCUT2D eigenvalue weighted by Gasteiger charge is 2.27. The minimum atomic E-state index is -0.727. The van der Waals surface area contributed by atoms with Gasteiger partial charge in [0.05, 0.1) is 13.2 Å². The van der Waals surface area contributed by atoms with E-state index in [-0.39, 0.29) is 12.5 Å². The molecule has 0 aromatic rings. The largest absolute Gasteiger partial charge is 0.464 e. The van der Waals surface area contributed by atoms with Crippen molar-refractivity contribution in [3.63, 3.8) is 0 Å². The van der Waals surface area contributed by atoms with E-state index in [9.17, 15) is 14.4 Å². The van der Waals surface area contributed by atoms with Gasteiger partial charge in [0.1, 0.15) is 12.1 Å². The predicted octanol–water partition coefficient (Wildman–Crippen LogP) is 4.09. The molecule has 0 heterocycles. The topological polar surface area (TPSA) is 93.7 Å². The number of amides is 2. The zero-order valence-corrected chi connectivity index (χ0v) is 18.2. The Bertz CT molecular complexity index is 443. The smallest absolute Gasteiger partial charge is 0.407 e. The number of carbonyl (C=O) groups is 3. The maximum atomic E-state index is 12.6. The van der Waals surface area contributed by atoms with Crippen LogP contribution in [0.15, 0.2) is 0 Å². The summed E-state index contributed by atoms with van der Waals surface area (Å²) in [6.07, 6.45) is 8.48. The van der Waals surface area contributed by atoms with Crippen molar-refractivity contribution >= 4 is 18.0 Å². The first kappa shape index (κ1) is 26.2. The molecule has 0 saturated carbocycles. The van der Waals surface area contributed by atoms with Crippen molar-refractivity contribution in [2.24, 2.45) is 0 Å². The Balaban J connectivity index is 4.50. The van der Waals surface area contributed by atoms with E-state index in [0.717, 1.165) is 25.7 Å². The Morgan fingerprint density at radius 2 is 1.32 bits per heavy atom. The quantitative estimate of drug-likeness (QED) is 0.301. The Labute approximate surface area is 170 Å². The number of hydrogen-bond acceptors (Lipinski definition) is 5. The van der Waals surface area contributed by atoms with Crippen molar-refractivity contribution in [2.75, 3.05) is 13.2 Å². The van der Waals surface area contributed by atoms with Gasteiger partial charge in [0.15, 0.2) is 0 Å². The first-order chi connectivity index (χ1) is 13.5. The molecule has 28 heavy (non-hydrogen) atoms. The van der Waals surface area contributed by atoms with Crippen LogP contribution < -0.4 is 10.6 Å². The summed E-state index contributed by atoms with van der Waals surface area (Å²) in [4.78, 5) is 36.6. The van der Waals surface area contributed by atoms with Gasteiger partial charge in [-0.25, -0.2) is 9.59 Å². The van der Waals surface area contributed by atoms with E-state index in [0.29, 0.717) is 25.9 Å². The summed E-state index contributed by atoms with van der Waals surface area (Å²) in [5, 5.41) is 5.29. The molecule has 0 aromatic carbocycles. The van der Waals surface area contributed by atoms with Crippen LogP contribution in [-0.4, -0.2) is 43.3 Å². The molecule has 0 spiro atoms. The molecule has 0 rings (SSSR count). The number of ether oxygens (including phenoxy) is 2. The van der Waals surface area contributed by atoms with E-state index < -0.39 is 24.1 Å². The number of carbonyl (C=O) groups excluding carboxylic acids is 3. The summed E-state index contributed by atoms with van der Waals surface area (Å²) >= 11 is 0. The first-order valence-corrected chi connectivity index (χ1v) is 10.9. The van der Waals surface area contributed by atoms with Gasteiger partial charge in [-0.1, -0.05) is 65.7 Å². The average Bonchev–Trinajstić information content (AvgIpc) is 2.66. The van der Waals surface area contributed by atoms with Crippen LogP contribution in [0.4, 0.5) is 4.79 Å². The number of unbranched alkanes of at least 4 members (excludes halogenated alkanes) is 5. The summed E-state index contributed by atoms with van der Waals surface area (Å²) in [5.41, 5.74) is 0. The molecule has 2 N–H and O–H groups in total. The first-order valence-electron chi connectivity index (χ1n) is 10.9. The summed E-state index contributed by atoms with van der Waals surface area (Å²) < 4.78 is 10.2. The van der Waals surface area contributed by atoms with Crippen LogP contribution in [-0.2, 0) is 19.1 Å². The molecular weight excluding hydrogens is 360 g/mol. The zero-order chi connectivity index (χ0) is 21.2. The van der Waals surface area contributed by atoms with Crippen LogP contribution in [0.3, 0.4) is 0 Å². The van der Waals surface area contributed by atoms with Crippen LogP contribution >= 0.6 is 0 Å². The third-order valence-electron chi connectivity index (χ3n) is 4.38. The van der Waals surface area contributed by atoms with Crippen molar-refractivity contribution in [2.45, 2.75) is 104 Å². The summed E-state index contributed by atoms with van der Waals surface area (Å²) in [7, 11) is 0. The van der Waals surface area contributed by atoms with Crippen LogP contribution in [0.1, 0.15) is 91.9 Å². The maximum Gasteiger partial charge on any atom is 0.407 e. The lowest BCUT2D eigenvalue weighted by Gasteiger charge is -2.22. The normalized spacial score (nSPS) is 12.7. The summed E-state index contributed by atoms with van der Waals surface area (Å²) in [6, 6.07) is -1.42. The van der Waals surface area contributed by atoms with E-state index in [1.807, 2.05) is 13.8 Å². The maximum absolute atomic E-state index is 12.6. The van der Waals surface area contributed by atoms with Crippen LogP contribution in [0.2, 0.25) is 0 Å². The molecule has 0 saturated heterocycles. The van der Waals surface area contributed by atoms with E-state index in [4.69, 9.17) is 9.47 Å². The second kappa shape index (κ2) is 17.3. The molecule has 0 aliphatic carbocycles. The van der Waals surface area contributed by atoms with Crippen molar-refractivity contribution in [3.05, 3.63) is 0 Å². The molecule has 7 heteroatoms. The highest BCUT2D eigenvalue weighted by atomic mass is 16.5. The molecule has 0 aromatic heterocycles. The number of esters is 1. The van der Waals surface area contributed by atoms with Crippen LogP contribution in [0.25, 0.3) is 0 Å². The number of rotatable bonds is 16. The molecule has 0 aliphatic heterocycles. The fourth-order valence-electron chi connectivity index (χ4n) is 2.84. The van der Waals surface area contributed by atoms with Gasteiger partial charge in [0, 0.05) is 0 Å². The zero-order valence-electron chi connectivity index (χ0n) is 18.2. The summed E-state index contributed by atoms with van der Waals surface area (Å²) in [6.45, 7) is 8.35. The molecular formula is C21H40N2O5. The number of alkyl carbamates (subject to hydrolysis) is 1. The summed E-state index contributed by atoms with van der Waals surface area (Å²) in [5.74, 6) is -0.792. The molecule has 0 aliphatic rings. The minimum absolute atomic E-state index is 0.232. The number of nitrogens with one attached hydrogen (secondary N) is 2. The third-order valence-corrected chi connectivity index (χ3v) is 4.38. The van der Waals surface area contributed by atoms with Gasteiger partial charge in [0.2, 0.25) is 5.91 Å². The van der Waals surface area contributed by atoms with E-state index in [2.05, 4.69) is 17.6 Å². The Morgan fingerprint density at radius 3 is 1.93 bits per heavy atom. The van der Waals surface area contributed by atoms with E-state index in [1.54, 1.807) is 6.92 Å². The second-order valence-electron chi connectivity index (χ2n) is 6.99. The average molecular weight is 401 g/mol. The molecule has 2 unspecified atom stereocenters. The van der Waals surface area contributed by atoms with Crippen LogP contribution in [0, 0.1) is 0 Å². The van der Waals surface area contributed by atoms with E-state index >= 15 is 0 Å². The molecule has 164 valence electrons. The predicted molar refractivity (Wildman–Crippen MR) is 110 cm³/mol. The second-order valence-corrected chi connectivity index (χ2v) is 6.99. The Morgan fingerprint density at radius 1 is 0.714 bits per heavy atom. The van der Waals surface area contributed by atoms with Gasteiger partial charge in [-0.05, 0) is 26.2 Å². The van der Waals surface area contributed by atoms with Gasteiger partial charge in [-0.2, -0.15) is 0 Å². The third kappa shape index (κ3) is 12.6. The molecule has 0 bridgehead atoms. The fraction of sp³-hybridized carbons (Fsp3) is 0.857. The van der Waals surface area contributed by atoms with Crippen molar-refractivity contribution in [1.82, 2.24) is 10.6 Å². The lowest BCUT2D eigenvalue weighted by Crippen LogP contribution is -2.52. The standard InChI is InChI=1S/C21H40N2O5/c1-5-9-10-11-12-13-16-28-20(25)18(15-7-3)22-19(24)17(14-6-2)23-21(26)27-8-4/h17-18H,5-16H2,1-4H3,(H,22,24)(H,23,26). The Kier molecular flexibility index (Phi) is 16.2. The molecule has 0 fully saturated rings. The lowest BCUT2D eigenvalue weighted by atomic mass is 10.1. The van der Waals surface area contributed by atoms with Crippen molar-refractivity contribution in [1.29, 1.82) is 0 Å². The highest BCUT2D eigenvalue weighted by Crippen LogP contribution is 2.07. The highest BCUT2D eigenvalue weighted by molar-refractivity contribution is 5.89. The molecule has 0 radical (unpaired) electrons. The fourth-order valence-corrected chi connectivity index (χ4v) is 2.84. The molecule has 7 nitrogen and oxygen atoms in total. The SMILES string of the molecule is CCCCCCCCOC(=O)C(CCC)NC(=O)C(CCC)NC(=O)OCC. The Hall–Kier alpha value is -1.79.